The van der Waals surface area contributed by atoms with E-state index in [1.54, 1.807) is 26.3 Å². The van der Waals surface area contributed by atoms with Crippen molar-refractivity contribution in [3.8, 4) is 5.75 Å². The lowest BCUT2D eigenvalue weighted by Crippen LogP contribution is -2.19. The first-order valence-corrected chi connectivity index (χ1v) is 8.18. The molecule has 0 bridgehead atoms. The van der Waals surface area contributed by atoms with E-state index >= 15 is 0 Å². The lowest BCUT2D eigenvalue weighted by Gasteiger charge is -2.16. The Labute approximate surface area is 146 Å². The number of hydrogen-bond donors (Lipinski definition) is 1. The quantitative estimate of drug-likeness (QED) is 0.701. The minimum absolute atomic E-state index is 0.206. The number of ether oxygens (including phenoxy) is 2. The Morgan fingerprint density at radius 2 is 1.84 bits per heavy atom. The maximum atomic E-state index is 12.7. The molecule has 5 heteroatoms. The number of hydrogen-bond acceptors (Lipinski definition) is 4. The normalized spacial score (nSPS) is 12.3. The van der Waals surface area contributed by atoms with E-state index in [2.05, 4.69) is 0 Å². The molecular formula is C20H21NO4. The van der Waals surface area contributed by atoms with Gasteiger partial charge in [-0.2, -0.15) is 0 Å². The first kappa shape index (κ1) is 17.2. The van der Waals surface area contributed by atoms with E-state index in [9.17, 15) is 9.90 Å². The second kappa shape index (κ2) is 7.51. The number of aliphatic hydroxyl groups is 1. The molecule has 5 nitrogen and oxygen atoms in total. The fourth-order valence-corrected chi connectivity index (χ4v) is 2.85. The van der Waals surface area contributed by atoms with Crippen molar-refractivity contribution < 1.29 is 14.6 Å². The number of aliphatic hydroxyl groups excluding tert-OH is 1. The van der Waals surface area contributed by atoms with Crippen LogP contribution in [0.5, 0.6) is 5.75 Å². The second-order valence-electron chi connectivity index (χ2n) is 5.71. The van der Waals surface area contributed by atoms with Crippen LogP contribution in [0.4, 0.5) is 0 Å². The van der Waals surface area contributed by atoms with Crippen molar-refractivity contribution in [3.63, 3.8) is 0 Å². The Balaban J connectivity index is 2.09. The largest absolute Gasteiger partial charge is 0.497 e. The summed E-state index contributed by atoms with van der Waals surface area (Å²) in [7, 11) is 1.63. The lowest BCUT2D eigenvalue weighted by molar-refractivity contribution is -0.0988. The molecule has 1 aromatic heterocycles. The molecule has 1 heterocycles. The zero-order valence-corrected chi connectivity index (χ0v) is 14.3. The van der Waals surface area contributed by atoms with Crippen molar-refractivity contribution in [2.45, 2.75) is 19.8 Å². The van der Waals surface area contributed by atoms with Crippen LogP contribution in [0, 0.1) is 0 Å². The highest BCUT2D eigenvalue weighted by atomic mass is 16.6. The maximum Gasteiger partial charge on any atom is 0.197 e. The zero-order chi connectivity index (χ0) is 17.8. The van der Waals surface area contributed by atoms with E-state index in [4.69, 9.17) is 9.47 Å². The number of aromatic nitrogens is 1. The molecule has 0 aliphatic carbocycles. The van der Waals surface area contributed by atoms with Gasteiger partial charge in [0.1, 0.15) is 5.75 Å². The standard InChI is InChI=1S/C20H21NO4/c1-3-25-20(23)17-13-21(12-14-8-10-15(24-2)11-9-14)18-7-5-4-6-16(18)19(17)22/h4-11,13,20,23H,3,12H2,1-2H3. The number of nitrogens with zero attached hydrogens (tertiary/aromatic N) is 1. The van der Waals surface area contributed by atoms with Crippen molar-refractivity contribution >= 4 is 10.9 Å². The summed E-state index contributed by atoms with van der Waals surface area (Å²) in [6.45, 7) is 2.67. The number of fused-ring (bicyclic) bond motifs is 1. The third-order valence-electron chi connectivity index (χ3n) is 4.12. The number of methoxy groups -OCH3 is 1. The number of rotatable bonds is 6. The van der Waals surface area contributed by atoms with Gasteiger partial charge in [0, 0.05) is 24.7 Å². The Hall–Kier alpha value is -2.63. The van der Waals surface area contributed by atoms with Gasteiger partial charge in [-0.15, -0.1) is 0 Å². The molecule has 0 saturated heterocycles. The fraction of sp³-hybridized carbons (Fsp3) is 0.250. The van der Waals surface area contributed by atoms with Gasteiger partial charge in [0.15, 0.2) is 11.7 Å². The Morgan fingerprint density at radius 3 is 2.52 bits per heavy atom. The van der Waals surface area contributed by atoms with Crippen molar-refractivity contribution in [2.24, 2.45) is 0 Å². The monoisotopic (exact) mass is 339 g/mol. The SMILES string of the molecule is CCOC(O)c1cn(Cc2ccc(OC)cc2)c2ccccc2c1=O. The molecule has 0 aliphatic rings. The summed E-state index contributed by atoms with van der Waals surface area (Å²) in [5, 5.41) is 10.7. The molecular weight excluding hydrogens is 318 g/mol. The van der Waals surface area contributed by atoms with Crippen LogP contribution in [0.25, 0.3) is 10.9 Å². The van der Waals surface area contributed by atoms with Crippen LogP contribution in [0.3, 0.4) is 0 Å². The molecule has 1 atom stereocenters. The second-order valence-corrected chi connectivity index (χ2v) is 5.71. The molecule has 3 aromatic rings. The summed E-state index contributed by atoms with van der Waals surface area (Å²) in [6.07, 6.45) is 0.444. The van der Waals surface area contributed by atoms with Crippen LogP contribution in [0.2, 0.25) is 0 Å². The minimum Gasteiger partial charge on any atom is -0.497 e. The van der Waals surface area contributed by atoms with E-state index < -0.39 is 6.29 Å². The van der Waals surface area contributed by atoms with Crippen molar-refractivity contribution in [2.75, 3.05) is 13.7 Å². The number of pyridine rings is 1. The molecule has 25 heavy (non-hydrogen) atoms. The average molecular weight is 339 g/mol. The molecule has 1 unspecified atom stereocenters. The highest BCUT2D eigenvalue weighted by Crippen LogP contribution is 2.19. The summed E-state index contributed by atoms with van der Waals surface area (Å²) in [5.41, 5.74) is 1.92. The first-order chi connectivity index (χ1) is 12.1. The van der Waals surface area contributed by atoms with Gasteiger partial charge in [0.05, 0.1) is 18.2 Å². The summed E-state index contributed by atoms with van der Waals surface area (Å²) < 4.78 is 12.4. The van der Waals surface area contributed by atoms with E-state index in [-0.39, 0.29) is 11.0 Å². The van der Waals surface area contributed by atoms with Crippen LogP contribution in [-0.2, 0) is 11.3 Å². The van der Waals surface area contributed by atoms with Crippen LogP contribution in [0.1, 0.15) is 24.3 Å². The van der Waals surface area contributed by atoms with Gasteiger partial charge in [0.25, 0.3) is 0 Å². The molecule has 1 N–H and O–H groups in total. The van der Waals surface area contributed by atoms with Crippen LogP contribution in [-0.4, -0.2) is 23.4 Å². The molecule has 0 spiro atoms. The fourth-order valence-electron chi connectivity index (χ4n) is 2.85. The van der Waals surface area contributed by atoms with E-state index in [1.165, 1.54) is 0 Å². The van der Waals surface area contributed by atoms with E-state index in [0.29, 0.717) is 18.5 Å². The maximum absolute atomic E-state index is 12.7. The number of para-hydroxylation sites is 1. The van der Waals surface area contributed by atoms with Crippen LogP contribution < -0.4 is 10.2 Å². The Bertz CT molecular complexity index is 915. The summed E-state index contributed by atoms with van der Waals surface area (Å²) in [6, 6.07) is 15.1. The topological polar surface area (TPSA) is 60.7 Å². The van der Waals surface area contributed by atoms with Crippen molar-refractivity contribution in [3.05, 3.63) is 76.1 Å². The molecule has 3 rings (SSSR count). The Kier molecular flexibility index (Phi) is 5.16. The molecule has 0 aliphatic heterocycles. The highest BCUT2D eigenvalue weighted by Gasteiger charge is 2.16. The van der Waals surface area contributed by atoms with Gasteiger partial charge in [-0.25, -0.2) is 0 Å². The first-order valence-electron chi connectivity index (χ1n) is 8.18. The van der Waals surface area contributed by atoms with Crippen molar-refractivity contribution in [1.29, 1.82) is 0 Å². The van der Waals surface area contributed by atoms with Gasteiger partial charge >= 0.3 is 0 Å². The van der Waals surface area contributed by atoms with Crippen LogP contribution >= 0.6 is 0 Å². The predicted molar refractivity (Wildman–Crippen MR) is 96.9 cm³/mol. The molecule has 2 aromatic carbocycles. The molecule has 0 radical (unpaired) electrons. The van der Waals surface area contributed by atoms with Gasteiger partial charge in [-0.1, -0.05) is 24.3 Å². The predicted octanol–water partition coefficient (Wildman–Crippen LogP) is 3.09. The molecule has 130 valence electrons. The zero-order valence-electron chi connectivity index (χ0n) is 14.3. The highest BCUT2D eigenvalue weighted by molar-refractivity contribution is 5.79. The minimum atomic E-state index is -1.23. The third kappa shape index (κ3) is 3.57. The van der Waals surface area contributed by atoms with Gasteiger partial charge in [0.2, 0.25) is 0 Å². The summed E-state index contributed by atoms with van der Waals surface area (Å²) >= 11 is 0. The lowest BCUT2D eigenvalue weighted by atomic mass is 10.1. The van der Waals surface area contributed by atoms with Gasteiger partial charge < -0.3 is 19.1 Å². The summed E-state index contributed by atoms with van der Waals surface area (Å²) in [4.78, 5) is 12.7. The molecule has 0 fully saturated rings. The average Bonchev–Trinajstić information content (AvgIpc) is 2.65. The summed E-state index contributed by atoms with van der Waals surface area (Å²) in [5.74, 6) is 0.793. The van der Waals surface area contributed by atoms with E-state index in [0.717, 1.165) is 16.8 Å². The Morgan fingerprint density at radius 1 is 1.12 bits per heavy atom. The smallest absolute Gasteiger partial charge is 0.197 e. The molecule has 0 saturated carbocycles. The van der Waals surface area contributed by atoms with Crippen LogP contribution in [0.15, 0.2) is 59.5 Å². The van der Waals surface area contributed by atoms with Crippen molar-refractivity contribution in [1.82, 2.24) is 4.57 Å². The van der Waals surface area contributed by atoms with Gasteiger partial charge in [-0.05, 0) is 36.8 Å². The third-order valence-corrected chi connectivity index (χ3v) is 4.12. The molecule has 0 amide bonds. The van der Waals surface area contributed by atoms with Gasteiger partial charge in [-0.3, -0.25) is 4.79 Å². The van der Waals surface area contributed by atoms with E-state index in [1.807, 2.05) is 47.0 Å². The number of benzene rings is 2.